The molecule has 0 bridgehead atoms. The fraction of sp³-hybridized carbons (Fsp3) is 0.421. The molecular formula is C19H23FN4O3. The summed E-state index contributed by atoms with van der Waals surface area (Å²) in [4.78, 5) is 29.4. The van der Waals surface area contributed by atoms with Crippen molar-refractivity contribution in [3.8, 4) is 5.75 Å². The lowest BCUT2D eigenvalue weighted by molar-refractivity contribution is 0.0939. The zero-order chi connectivity index (χ0) is 19.8. The molecule has 1 amide bonds. The van der Waals surface area contributed by atoms with Gasteiger partial charge >= 0.3 is 0 Å². The second kappa shape index (κ2) is 7.11. The molecule has 2 atom stereocenters. The summed E-state index contributed by atoms with van der Waals surface area (Å²) in [6, 6.07) is 5.64. The van der Waals surface area contributed by atoms with Crippen LogP contribution in [-0.2, 0) is 18.6 Å². The summed E-state index contributed by atoms with van der Waals surface area (Å²) in [5, 5.41) is 12.8. The van der Waals surface area contributed by atoms with Crippen molar-refractivity contribution in [2.45, 2.75) is 45.3 Å². The van der Waals surface area contributed by atoms with E-state index in [0.29, 0.717) is 30.8 Å². The number of halogens is 1. The Kier molecular flexibility index (Phi) is 5.01. The van der Waals surface area contributed by atoms with Crippen molar-refractivity contribution in [2.24, 2.45) is 11.7 Å². The SMILES string of the molecule is CCC1(N)CC(C)Cn2c1nc(C(=O)NCc1ccc(F)cc1)c(O)c2=O. The van der Waals surface area contributed by atoms with Crippen molar-refractivity contribution in [2.75, 3.05) is 0 Å². The van der Waals surface area contributed by atoms with Crippen molar-refractivity contribution in [3.63, 3.8) is 0 Å². The van der Waals surface area contributed by atoms with Gasteiger partial charge in [-0.15, -0.1) is 0 Å². The number of carbonyl (C=O) groups excluding carboxylic acids is 1. The molecule has 27 heavy (non-hydrogen) atoms. The Morgan fingerprint density at radius 1 is 1.44 bits per heavy atom. The lowest BCUT2D eigenvalue weighted by atomic mass is 9.82. The number of aromatic hydroxyl groups is 1. The highest BCUT2D eigenvalue weighted by Gasteiger charge is 2.38. The van der Waals surface area contributed by atoms with E-state index < -0.39 is 22.8 Å². The molecule has 1 aromatic heterocycles. The Morgan fingerprint density at radius 3 is 2.74 bits per heavy atom. The molecule has 2 heterocycles. The molecule has 0 saturated carbocycles. The smallest absolute Gasteiger partial charge is 0.296 e. The van der Waals surface area contributed by atoms with E-state index in [1.165, 1.54) is 28.8 Å². The number of aromatic nitrogens is 2. The van der Waals surface area contributed by atoms with E-state index in [0.717, 1.165) is 0 Å². The van der Waals surface area contributed by atoms with Gasteiger partial charge in [-0.1, -0.05) is 26.0 Å². The van der Waals surface area contributed by atoms with Gasteiger partial charge in [0.05, 0.1) is 5.54 Å². The van der Waals surface area contributed by atoms with Crippen LogP contribution in [0.25, 0.3) is 0 Å². The van der Waals surface area contributed by atoms with Crippen molar-refractivity contribution in [1.29, 1.82) is 0 Å². The van der Waals surface area contributed by atoms with Gasteiger partial charge in [-0.2, -0.15) is 0 Å². The molecule has 2 aromatic rings. The second-order valence-corrected chi connectivity index (χ2v) is 7.18. The molecule has 2 unspecified atom stereocenters. The van der Waals surface area contributed by atoms with Crippen LogP contribution < -0.4 is 16.6 Å². The first-order valence-electron chi connectivity index (χ1n) is 8.91. The summed E-state index contributed by atoms with van der Waals surface area (Å²) in [6.45, 7) is 4.38. The first-order valence-corrected chi connectivity index (χ1v) is 8.91. The Morgan fingerprint density at radius 2 is 2.11 bits per heavy atom. The molecule has 0 radical (unpaired) electrons. The number of benzene rings is 1. The van der Waals surface area contributed by atoms with E-state index in [1.54, 1.807) is 0 Å². The lowest BCUT2D eigenvalue weighted by Crippen LogP contribution is -2.49. The van der Waals surface area contributed by atoms with Crippen LogP contribution in [0.15, 0.2) is 29.1 Å². The number of nitrogens with one attached hydrogen (secondary N) is 1. The van der Waals surface area contributed by atoms with Crippen LogP contribution in [0.4, 0.5) is 4.39 Å². The number of carbonyl (C=O) groups is 1. The third-order valence-corrected chi connectivity index (χ3v) is 5.01. The number of hydrogen-bond acceptors (Lipinski definition) is 5. The van der Waals surface area contributed by atoms with Gasteiger partial charge < -0.3 is 16.2 Å². The molecule has 0 saturated heterocycles. The Hall–Kier alpha value is -2.74. The van der Waals surface area contributed by atoms with Gasteiger partial charge in [-0.3, -0.25) is 14.2 Å². The highest BCUT2D eigenvalue weighted by atomic mass is 19.1. The summed E-state index contributed by atoms with van der Waals surface area (Å²) in [5.41, 5.74) is 5.29. The van der Waals surface area contributed by atoms with E-state index in [4.69, 9.17) is 5.73 Å². The van der Waals surface area contributed by atoms with E-state index in [9.17, 15) is 19.1 Å². The number of fused-ring (bicyclic) bond motifs is 1. The maximum atomic E-state index is 13.0. The molecule has 7 nitrogen and oxygen atoms in total. The first kappa shape index (κ1) is 19.0. The van der Waals surface area contributed by atoms with Gasteiger partial charge in [-0.25, -0.2) is 9.37 Å². The van der Waals surface area contributed by atoms with Crippen LogP contribution in [0, 0.1) is 11.7 Å². The van der Waals surface area contributed by atoms with E-state index >= 15 is 0 Å². The Bertz CT molecular complexity index is 926. The van der Waals surface area contributed by atoms with Gasteiger partial charge in [-0.05, 0) is 36.5 Å². The van der Waals surface area contributed by atoms with E-state index in [-0.39, 0.29) is 24.0 Å². The molecule has 3 rings (SSSR count). The lowest BCUT2D eigenvalue weighted by Gasteiger charge is -2.37. The normalized spacial score (nSPS) is 21.6. The fourth-order valence-corrected chi connectivity index (χ4v) is 3.51. The molecule has 1 aliphatic rings. The Balaban J connectivity index is 1.93. The highest BCUT2D eigenvalue weighted by Crippen LogP contribution is 2.33. The number of nitrogens with two attached hydrogens (primary N) is 1. The standard InChI is InChI=1S/C19H23FN4O3/c1-3-19(21)8-11(2)10-24-17(27)15(25)14(23-18(19)24)16(26)22-9-12-4-6-13(20)7-5-12/h4-7,11,25H,3,8-10,21H2,1-2H3,(H,22,26). The van der Waals surface area contributed by atoms with Gasteiger partial charge in [0.25, 0.3) is 11.5 Å². The van der Waals surface area contributed by atoms with Crippen molar-refractivity contribution in [1.82, 2.24) is 14.9 Å². The molecule has 1 aromatic carbocycles. The molecule has 0 spiro atoms. The minimum Gasteiger partial charge on any atom is -0.501 e. The molecule has 0 fully saturated rings. The Labute approximate surface area is 156 Å². The largest absolute Gasteiger partial charge is 0.501 e. The number of hydrogen-bond donors (Lipinski definition) is 3. The summed E-state index contributed by atoms with van der Waals surface area (Å²) in [7, 11) is 0. The molecule has 0 aliphatic carbocycles. The van der Waals surface area contributed by atoms with Gasteiger partial charge in [0, 0.05) is 13.1 Å². The second-order valence-electron chi connectivity index (χ2n) is 7.18. The zero-order valence-electron chi connectivity index (χ0n) is 15.3. The quantitative estimate of drug-likeness (QED) is 0.753. The number of amides is 1. The van der Waals surface area contributed by atoms with E-state index in [2.05, 4.69) is 10.3 Å². The molecule has 144 valence electrons. The van der Waals surface area contributed by atoms with Gasteiger partial charge in [0.15, 0.2) is 5.69 Å². The third-order valence-electron chi connectivity index (χ3n) is 5.01. The monoisotopic (exact) mass is 374 g/mol. The molecule has 1 aliphatic heterocycles. The topological polar surface area (TPSA) is 110 Å². The van der Waals surface area contributed by atoms with Crippen LogP contribution in [0.1, 0.15) is 48.6 Å². The summed E-state index contributed by atoms with van der Waals surface area (Å²) < 4.78 is 14.3. The van der Waals surface area contributed by atoms with E-state index in [1.807, 2.05) is 13.8 Å². The average molecular weight is 374 g/mol. The minimum atomic E-state index is -0.837. The van der Waals surface area contributed by atoms with Crippen molar-refractivity contribution < 1.29 is 14.3 Å². The summed E-state index contributed by atoms with van der Waals surface area (Å²) in [6.07, 6.45) is 1.18. The van der Waals surface area contributed by atoms with Crippen LogP contribution >= 0.6 is 0 Å². The molecule has 4 N–H and O–H groups in total. The van der Waals surface area contributed by atoms with Crippen LogP contribution in [0.2, 0.25) is 0 Å². The molecule has 8 heteroatoms. The maximum Gasteiger partial charge on any atom is 0.296 e. The number of nitrogens with zero attached hydrogens (tertiary/aromatic N) is 2. The highest BCUT2D eigenvalue weighted by molar-refractivity contribution is 5.94. The first-order chi connectivity index (χ1) is 12.7. The summed E-state index contributed by atoms with van der Waals surface area (Å²) in [5.74, 6) is -1.28. The average Bonchev–Trinajstić information content (AvgIpc) is 2.64. The summed E-state index contributed by atoms with van der Waals surface area (Å²) >= 11 is 0. The maximum absolute atomic E-state index is 13.0. The van der Waals surface area contributed by atoms with Gasteiger partial charge in [0.2, 0.25) is 5.75 Å². The third kappa shape index (κ3) is 3.57. The van der Waals surface area contributed by atoms with Crippen LogP contribution in [-0.4, -0.2) is 20.6 Å². The predicted octanol–water partition coefficient (Wildman–Crippen LogP) is 1.62. The minimum absolute atomic E-state index is 0.108. The van der Waals surface area contributed by atoms with Crippen molar-refractivity contribution in [3.05, 3.63) is 57.5 Å². The van der Waals surface area contributed by atoms with Gasteiger partial charge in [0.1, 0.15) is 11.6 Å². The zero-order valence-corrected chi connectivity index (χ0v) is 15.3. The van der Waals surface area contributed by atoms with Crippen LogP contribution in [0.5, 0.6) is 5.75 Å². The predicted molar refractivity (Wildman–Crippen MR) is 97.7 cm³/mol. The van der Waals surface area contributed by atoms with Crippen molar-refractivity contribution >= 4 is 5.91 Å². The molecular weight excluding hydrogens is 351 g/mol. The fourth-order valence-electron chi connectivity index (χ4n) is 3.51. The number of rotatable bonds is 4. The van der Waals surface area contributed by atoms with Crippen LogP contribution in [0.3, 0.4) is 0 Å².